The molecule has 0 spiro atoms. The molecule has 0 aliphatic rings. The van der Waals surface area contributed by atoms with Gasteiger partial charge in [0.15, 0.2) is 0 Å². The minimum Gasteiger partial charge on any atom is -0.456 e. The van der Waals surface area contributed by atoms with Gasteiger partial charge in [-0.25, -0.2) is 17.2 Å². The second kappa shape index (κ2) is 8.96. The quantitative estimate of drug-likeness (QED) is 0.857. The highest BCUT2D eigenvalue weighted by Gasteiger charge is 2.15. The molecule has 2 rings (SSSR count). The van der Waals surface area contributed by atoms with Crippen molar-refractivity contribution < 1.29 is 21.6 Å². The SMILES string of the molecule is C=c1cc(-c2ccc(F)cc2F)o/c1=C/C(=C(C)C)N(C)S(C)(=O)=O.CN. The molecule has 0 saturated carbocycles. The summed E-state index contributed by atoms with van der Waals surface area (Å²) in [6.07, 6.45) is 2.62. The summed E-state index contributed by atoms with van der Waals surface area (Å²) in [5, 5.41) is 0.458. The number of nitrogens with zero attached hydrogens (tertiary/aromatic N) is 1. The first-order valence-corrected chi connectivity index (χ1v) is 9.80. The zero-order valence-electron chi connectivity index (χ0n) is 16.0. The summed E-state index contributed by atoms with van der Waals surface area (Å²) >= 11 is 0. The van der Waals surface area contributed by atoms with Gasteiger partial charge in [-0.15, -0.1) is 0 Å². The summed E-state index contributed by atoms with van der Waals surface area (Å²) in [4.78, 5) is 0. The van der Waals surface area contributed by atoms with Crippen molar-refractivity contribution in [2.45, 2.75) is 13.8 Å². The second-order valence-corrected chi connectivity index (χ2v) is 7.90. The van der Waals surface area contributed by atoms with Crippen molar-refractivity contribution in [2.75, 3.05) is 20.4 Å². The molecule has 0 saturated heterocycles. The Morgan fingerprint density at radius 3 is 2.30 bits per heavy atom. The van der Waals surface area contributed by atoms with Crippen LogP contribution in [0.2, 0.25) is 0 Å². The second-order valence-electron chi connectivity index (χ2n) is 5.88. The lowest BCUT2D eigenvalue weighted by Gasteiger charge is -2.19. The third kappa shape index (κ3) is 5.51. The third-order valence-electron chi connectivity index (χ3n) is 3.66. The minimum atomic E-state index is -3.46. The van der Waals surface area contributed by atoms with Crippen LogP contribution in [0.4, 0.5) is 8.78 Å². The maximum Gasteiger partial charge on any atom is 0.231 e. The van der Waals surface area contributed by atoms with Gasteiger partial charge in [-0.1, -0.05) is 12.2 Å². The zero-order chi connectivity index (χ0) is 20.9. The number of hydrogen-bond acceptors (Lipinski definition) is 4. The lowest BCUT2D eigenvalue weighted by atomic mass is 10.1. The first-order valence-electron chi connectivity index (χ1n) is 7.95. The normalized spacial score (nSPS) is 11.6. The fourth-order valence-corrected chi connectivity index (χ4v) is 2.83. The highest BCUT2D eigenvalue weighted by Crippen LogP contribution is 2.21. The monoisotopic (exact) mass is 398 g/mol. The molecule has 0 atom stereocenters. The van der Waals surface area contributed by atoms with Gasteiger partial charge in [0.1, 0.15) is 22.8 Å². The third-order valence-corrected chi connectivity index (χ3v) is 4.85. The van der Waals surface area contributed by atoms with Gasteiger partial charge in [-0.2, -0.15) is 0 Å². The van der Waals surface area contributed by atoms with E-state index in [0.717, 1.165) is 28.3 Å². The van der Waals surface area contributed by atoms with Crippen LogP contribution in [-0.2, 0) is 10.0 Å². The number of benzene rings is 1. The van der Waals surface area contributed by atoms with Crippen LogP contribution in [0, 0.1) is 11.6 Å². The number of rotatable bonds is 4. The van der Waals surface area contributed by atoms with Crippen molar-refractivity contribution in [3.05, 3.63) is 57.8 Å². The highest BCUT2D eigenvalue weighted by molar-refractivity contribution is 7.88. The lowest BCUT2D eigenvalue weighted by molar-refractivity contribution is 0.526. The predicted molar refractivity (Wildman–Crippen MR) is 104 cm³/mol. The molecule has 2 aromatic rings. The van der Waals surface area contributed by atoms with E-state index in [4.69, 9.17) is 4.42 Å². The number of nitrogens with two attached hydrogens (primary N) is 1. The van der Waals surface area contributed by atoms with Gasteiger partial charge in [0.25, 0.3) is 0 Å². The summed E-state index contributed by atoms with van der Waals surface area (Å²) < 4.78 is 57.3. The molecule has 0 unspecified atom stereocenters. The number of hydrogen-bond donors (Lipinski definition) is 1. The predicted octanol–water partition coefficient (Wildman–Crippen LogP) is 2.18. The molecule has 5 nitrogen and oxygen atoms in total. The van der Waals surface area contributed by atoms with E-state index in [1.165, 1.54) is 32.3 Å². The average Bonchev–Trinajstić information content (AvgIpc) is 2.93. The van der Waals surface area contributed by atoms with E-state index >= 15 is 0 Å². The molecule has 1 aromatic carbocycles. The van der Waals surface area contributed by atoms with Crippen molar-refractivity contribution in [1.29, 1.82) is 0 Å². The van der Waals surface area contributed by atoms with Crippen LogP contribution >= 0.6 is 0 Å². The van der Waals surface area contributed by atoms with Crippen LogP contribution in [0.1, 0.15) is 13.8 Å². The molecule has 1 heterocycles. The van der Waals surface area contributed by atoms with E-state index in [1.54, 1.807) is 13.8 Å². The summed E-state index contributed by atoms with van der Waals surface area (Å²) in [5.74, 6) is -1.25. The fourth-order valence-electron chi connectivity index (χ4n) is 2.24. The van der Waals surface area contributed by atoms with Gasteiger partial charge >= 0.3 is 0 Å². The Balaban J connectivity index is 0.00000176. The van der Waals surface area contributed by atoms with E-state index in [1.807, 2.05) is 0 Å². The van der Waals surface area contributed by atoms with Crippen molar-refractivity contribution in [2.24, 2.45) is 5.73 Å². The van der Waals surface area contributed by atoms with Gasteiger partial charge in [-0.3, -0.25) is 4.31 Å². The summed E-state index contributed by atoms with van der Waals surface area (Å²) in [5.41, 5.74) is 6.07. The van der Waals surface area contributed by atoms with Gasteiger partial charge < -0.3 is 10.2 Å². The molecule has 1 aromatic heterocycles. The summed E-state index contributed by atoms with van der Waals surface area (Å²) in [6, 6.07) is 4.69. The van der Waals surface area contributed by atoms with Crippen LogP contribution in [-0.4, -0.2) is 33.1 Å². The molecule has 0 fully saturated rings. The van der Waals surface area contributed by atoms with Crippen molar-refractivity contribution >= 4 is 22.7 Å². The molecule has 27 heavy (non-hydrogen) atoms. The number of halogens is 2. The van der Waals surface area contributed by atoms with E-state index in [9.17, 15) is 17.2 Å². The fraction of sp³-hybridized carbons (Fsp3) is 0.263. The van der Waals surface area contributed by atoms with Crippen LogP contribution in [0.3, 0.4) is 0 Å². The Hall–Kier alpha value is -2.45. The van der Waals surface area contributed by atoms with Crippen LogP contribution in [0.25, 0.3) is 24.0 Å². The lowest BCUT2D eigenvalue weighted by Crippen LogP contribution is -2.27. The van der Waals surface area contributed by atoms with Gasteiger partial charge in [0.05, 0.1) is 17.5 Å². The smallest absolute Gasteiger partial charge is 0.231 e. The van der Waals surface area contributed by atoms with Gasteiger partial charge in [-0.05, 0) is 39.1 Å². The molecular formula is C19H24F2N2O3S. The largest absolute Gasteiger partial charge is 0.456 e. The summed E-state index contributed by atoms with van der Waals surface area (Å²) in [7, 11) is -0.525. The Bertz CT molecular complexity index is 1050. The molecular weight excluding hydrogens is 374 g/mol. The molecule has 0 aliphatic heterocycles. The number of allylic oxidation sites excluding steroid dienone is 2. The number of furan rings is 1. The van der Waals surface area contributed by atoms with E-state index in [0.29, 0.717) is 16.3 Å². The molecule has 8 heteroatoms. The average molecular weight is 398 g/mol. The van der Waals surface area contributed by atoms with Crippen molar-refractivity contribution in [3.8, 4) is 11.3 Å². The van der Waals surface area contributed by atoms with Crippen LogP contribution in [0.5, 0.6) is 0 Å². The molecule has 0 radical (unpaired) electrons. The zero-order valence-corrected chi connectivity index (χ0v) is 16.8. The van der Waals surface area contributed by atoms with Crippen LogP contribution in [0.15, 0.2) is 40.0 Å². The Kier molecular flexibility index (Phi) is 7.50. The van der Waals surface area contributed by atoms with E-state index < -0.39 is 21.7 Å². The summed E-state index contributed by atoms with van der Waals surface area (Å²) in [6.45, 7) is 7.36. The van der Waals surface area contributed by atoms with Crippen molar-refractivity contribution in [1.82, 2.24) is 4.31 Å². The first-order chi connectivity index (χ1) is 12.5. The minimum absolute atomic E-state index is 0.0983. The Morgan fingerprint density at radius 1 is 1.22 bits per heavy atom. The molecule has 0 amide bonds. The highest BCUT2D eigenvalue weighted by atomic mass is 32.2. The molecule has 2 N–H and O–H groups in total. The first kappa shape index (κ1) is 22.6. The maximum absolute atomic E-state index is 13.9. The standard InChI is InChI=1S/C18H19F2NO3S.CH5N/c1-11(2)16(21(4)25(5,22)23)10-17-12(3)8-18(24-17)14-7-6-13(19)9-15(14)20;1-2/h6-10H,3H2,1-2,4-5H3;2H2,1H3/b17-10+;. The maximum atomic E-state index is 13.9. The van der Waals surface area contributed by atoms with E-state index in [-0.39, 0.29) is 11.3 Å². The molecule has 0 aliphatic carbocycles. The molecule has 0 bridgehead atoms. The Morgan fingerprint density at radius 2 is 1.81 bits per heavy atom. The van der Waals surface area contributed by atoms with Crippen LogP contribution < -0.4 is 16.4 Å². The molecule has 148 valence electrons. The van der Waals surface area contributed by atoms with E-state index in [2.05, 4.69) is 12.3 Å². The van der Waals surface area contributed by atoms with Gasteiger partial charge in [0.2, 0.25) is 10.0 Å². The van der Waals surface area contributed by atoms with Crippen molar-refractivity contribution in [3.63, 3.8) is 0 Å². The Labute approximate surface area is 158 Å². The topological polar surface area (TPSA) is 76.5 Å². The number of sulfonamides is 1. The van der Waals surface area contributed by atoms with Gasteiger partial charge in [0, 0.05) is 24.4 Å².